The van der Waals surface area contributed by atoms with E-state index >= 15 is 0 Å². The van der Waals surface area contributed by atoms with Crippen LogP contribution in [0.4, 0.5) is 13.6 Å². The third-order valence-electron chi connectivity index (χ3n) is 5.38. The molecular weight excluding hydrogens is 492 g/mol. The predicted molar refractivity (Wildman–Crippen MR) is 123 cm³/mol. The summed E-state index contributed by atoms with van der Waals surface area (Å²) < 4.78 is 49.3. The van der Waals surface area contributed by atoms with Crippen molar-refractivity contribution in [3.8, 4) is 11.3 Å². The van der Waals surface area contributed by atoms with E-state index in [0.717, 1.165) is 12.1 Å². The van der Waals surface area contributed by atoms with Crippen LogP contribution in [0.5, 0.6) is 0 Å². The van der Waals surface area contributed by atoms with Gasteiger partial charge in [-0.3, -0.25) is 4.79 Å². The maximum absolute atomic E-state index is 14.0. The van der Waals surface area contributed by atoms with Crippen LogP contribution >= 0.6 is 0 Å². The maximum Gasteiger partial charge on any atom is 0.338 e. The van der Waals surface area contributed by atoms with Crippen LogP contribution in [0.3, 0.4) is 0 Å². The van der Waals surface area contributed by atoms with Gasteiger partial charge in [-0.05, 0) is 38.1 Å². The van der Waals surface area contributed by atoms with E-state index < -0.39 is 42.3 Å². The zero-order chi connectivity index (χ0) is 26.5. The highest BCUT2D eigenvalue weighted by atomic mass is 19.1. The first-order valence-corrected chi connectivity index (χ1v) is 11.4. The van der Waals surface area contributed by atoms with Gasteiger partial charge in [-0.1, -0.05) is 6.07 Å². The Morgan fingerprint density at radius 2 is 1.86 bits per heavy atom. The van der Waals surface area contributed by atoms with E-state index in [0.29, 0.717) is 11.5 Å². The number of esters is 2. The number of carbonyl (C=O) groups is 3. The van der Waals surface area contributed by atoms with E-state index in [4.69, 9.17) is 18.3 Å². The third kappa shape index (κ3) is 5.85. The van der Waals surface area contributed by atoms with Crippen LogP contribution in [-0.2, 0) is 25.5 Å². The minimum Gasteiger partial charge on any atom is -0.464 e. The highest BCUT2D eigenvalue weighted by molar-refractivity contribution is 5.95. The van der Waals surface area contributed by atoms with E-state index in [2.05, 4.69) is 15.6 Å². The lowest BCUT2D eigenvalue weighted by Gasteiger charge is -2.27. The molecule has 10 nitrogen and oxygen atoms in total. The molecule has 37 heavy (non-hydrogen) atoms. The molecule has 0 saturated carbocycles. The van der Waals surface area contributed by atoms with Gasteiger partial charge in [0.15, 0.2) is 11.7 Å². The Kier molecular flexibility index (Phi) is 7.66. The first-order chi connectivity index (χ1) is 17.8. The van der Waals surface area contributed by atoms with Crippen LogP contribution in [0.25, 0.3) is 11.3 Å². The molecular formula is C25H23F2N3O7. The molecule has 1 atom stereocenters. The largest absolute Gasteiger partial charge is 0.464 e. The average Bonchev–Trinajstić information content (AvgIpc) is 3.50. The summed E-state index contributed by atoms with van der Waals surface area (Å²) >= 11 is 0. The van der Waals surface area contributed by atoms with Crippen LogP contribution in [-0.4, -0.2) is 36.2 Å². The van der Waals surface area contributed by atoms with Gasteiger partial charge in [0, 0.05) is 6.42 Å². The van der Waals surface area contributed by atoms with Crippen LogP contribution in [0.1, 0.15) is 36.8 Å². The van der Waals surface area contributed by atoms with E-state index in [-0.39, 0.29) is 47.9 Å². The second-order valence-corrected chi connectivity index (χ2v) is 7.97. The number of ether oxygens (including phenoxy) is 2. The van der Waals surface area contributed by atoms with Crippen molar-refractivity contribution in [2.24, 2.45) is 0 Å². The monoisotopic (exact) mass is 515 g/mol. The zero-order valence-electron chi connectivity index (χ0n) is 19.9. The van der Waals surface area contributed by atoms with Gasteiger partial charge in [0.05, 0.1) is 36.1 Å². The molecule has 2 amide bonds. The van der Waals surface area contributed by atoms with Gasteiger partial charge in [0.25, 0.3) is 0 Å². The fraction of sp³-hybridized carbons (Fsp3) is 0.280. The SMILES string of the molecule is CCOC(=O)C1=C(COC(=O)CCc2ncc(-c3c(F)cccc3F)o2)NC(=O)NC1c1ccc(C)o1. The number of aromatic nitrogens is 1. The summed E-state index contributed by atoms with van der Waals surface area (Å²) in [5.74, 6) is -2.17. The number of hydrogen-bond acceptors (Lipinski definition) is 8. The van der Waals surface area contributed by atoms with Gasteiger partial charge in [0.1, 0.15) is 35.8 Å². The Labute approximate surface area is 209 Å². The van der Waals surface area contributed by atoms with E-state index in [1.54, 1.807) is 26.0 Å². The number of oxazole rings is 1. The summed E-state index contributed by atoms with van der Waals surface area (Å²) in [4.78, 5) is 41.3. The second-order valence-electron chi connectivity index (χ2n) is 7.97. The molecule has 2 N–H and O–H groups in total. The van der Waals surface area contributed by atoms with Crippen molar-refractivity contribution in [3.63, 3.8) is 0 Å². The van der Waals surface area contributed by atoms with Crippen LogP contribution < -0.4 is 10.6 Å². The summed E-state index contributed by atoms with van der Waals surface area (Å²) in [7, 11) is 0. The number of aryl methyl sites for hydroxylation is 2. The zero-order valence-corrected chi connectivity index (χ0v) is 19.9. The number of halogens is 2. The highest BCUT2D eigenvalue weighted by Gasteiger charge is 2.36. The normalized spacial score (nSPS) is 15.2. The molecule has 1 aromatic carbocycles. The molecule has 4 rings (SSSR count). The predicted octanol–water partition coefficient (Wildman–Crippen LogP) is 3.87. The number of nitrogens with one attached hydrogen (secondary N) is 2. The van der Waals surface area contributed by atoms with Gasteiger partial charge >= 0.3 is 18.0 Å². The summed E-state index contributed by atoms with van der Waals surface area (Å²) in [6, 6.07) is 5.15. The third-order valence-corrected chi connectivity index (χ3v) is 5.38. The van der Waals surface area contributed by atoms with Crippen molar-refractivity contribution in [1.82, 2.24) is 15.6 Å². The molecule has 3 aromatic rings. The van der Waals surface area contributed by atoms with Crippen molar-refractivity contribution < 1.29 is 41.5 Å². The van der Waals surface area contributed by atoms with Crippen LogP contribution in [0.2, 0.25) is 0 Å². The number of urea groups is 1. The minimum atomic E-state index is -0.945. The van der Waals surface area contributed by atoms with Gasteiger partial charge in [0.2, 0.25) is 0 Å². The number of hydrogen-bond donors (Lipinski definition) is 2. The maximum atomic E-state index is 14.0. The molecule has 0 spiro atoms. The number of carbonyl (C=O) groups excluding carboxylic acids is 3. The molecule has 0 saturated heterocycles. The number of benzene rings is 1. The second kappa shape index (κ2) is 11.1. The summed E-state index contributed by atoms with van der Waals surface area (Å²) in [6.07, 6.45) is 0.968. The molecule has 0 fully saturated rings. The Hall–Kier alpha value is -4.48. The number of rotatable bonds is 9. The van der Waals surface area contributed by atoms with Gasteiger partial charge in [-0.15, -0.1) is 0 Å². The first-order valence-electron chi connectivity index (χ1n) is 11.4. The van der Waals surface area contributed by atoms with Crippen molar-refractivity contribution in [2.75, 3.05) is 13.2 Å². The molecule has 1 aliphatic heterocycles. The fourth-order valence-electron chi connectivity index (χ4n) is 3.71. The molecule has 0 radical (unpaired) electrons. The lowest BCUT2D eigenvalue weighted by molar-refractivity contribution is -0.143. The molecule has 0 bridgehead atoms. The summed E-state index contributed by atoms with van der Waals surface area (Å²) in [6.45, 7) is 3.01. The lowest BCUT2D eigenvalue weighted by Crippen LogP contribution is -2.47. The number of nitrogens with zero attached hydrogens (tertiary/aromatic N) is 1. The molecule has 3 heterocycles. The fourth-order valence-corrected chi connectivity index (χ4v) is 3.71. The van der Waals surface area contributed by atoms with Crippen molar-refractivity contribution in [1.29, 1.82) is 0 Å². The molecule has 1 unspecified atom stereocenters. The Balaban J connectivity index is 1.44. The van der Waals surface area contributed by atoms with Crippen LogP contribution in [0.15, 0.2) is 56.6 Å². The van der Waals surface area contributed by atoms with Gasteiger partial charge in [-0.25, -0.2) is 23.4 Å². The minimum absolute atomic E-state index is 0.0130. The lowest BCUT2D eigenvalue weighted by atomic mass is 10.0. The standard InChI is InChI=1S/C25H23F2N3O7/c1-3-34-24(32)22-16(29-25(33)30-23(22)17-8-7-13(2)36-17)12-35-20(31)10-9-19-28-11-18(37-19)21-14(26)5-4-6-15(21)27/h4-8,11,23H,3,9-10,12H2,1-2H3,(H2,29,30,33). The number of amides is 2. The highest BCUT2D eigenvalue weighted by Crippen LogP contribution is 2.30. The topological polar surface area (TPSA) is 133 Å². The Morgan fingerprint density at radius 1 is 1.11 bits per heavy atom. The number of furan rings is 1. The first kappa shape index (κ1) is 25.6. The molecule has 0 aliphatic carbocycles. The Bertz CT molecular complexity index is 1340. The molecule has 2 aromatic heterocycles. The van der Waals surface area contributed by atoms with Crippen molar-refractivity contribution in [2.45, 2.75) is 32.7 Å². The van der Waals surface area contributed by atoms with E-state index in [1.165, 1.54) is 12.3 Å². The van der Waals surface area contributed by atoms with Crippen molar-refractivity contribution >= 4 is 18.0 Å². The summed E-state index contributed by atoms with van der Waals surface area (Å²) in [5.41, 5.74) is -0.277. The summed E-state index contributed by atoms with van der Waals surface area (Å²) in [5, 5.41) is 5.09. The Morgan fingerprint density at radius 3 is 2.54 bits per heavy atom. The van der Waals surface area contributed by atoms with E-state index in [9.17, 15) is 23.2 Å². The van der Waals surface area contributed by atoms with Gasteiger partial charge in [-0.2, -0.15) is 0 Å². The van der Waals surface area contributed by atoms with Gasteiger partial charge < -0.3 is 28.9 Å². The van der Waals surface area contributed by atoms with E-state index in [1.807, 2.05) is 0 Å². The average molecular weight is 515 g/mol. The molecule has 194 valence electrons. The van der Waals surface area contributed by atoms with Crippen LogP contribution in [0, 0.1) is 18.6 Å². The quantitative estimate of drug-likeness (QED) is 0.411. The molecule has 12 heteroatoms. The molecule has 1 aliphatic rings. The van der Waals surface area contributed by atoms with Crippen molar-refractivity contribution in [3.05, 3.63) is 76.8 Å². The smallest absolute Gasteiger partial charge is 0.338 e.